The maximum absolute atomic E-state index is 11.4. The number of benzene rings is 1. The second-order valence-electron chi connectivity index (χ2n) is 6.91. The van der Waals surface area contributed by atoms with Gasteiger partial charge in [-0.15, -0.1) is 11.8 Å². The normalized spacial score (nSPS) is 16.7. The molecule has 1 aliphatic rings. The number of carbonyl (C=O) groups is 2. The van der Waals surface area contributed by atoms with Crippen molar-refractivity contribution >= 4 is 23.5 Å². The van der Waals surface area contributed by atoms with E-state index >= 15 is 0 Å². The molecule has 0 aliphatic carbocycles. The minimum absolute atomic E-state index is 0.0273. The topological polar surface area (TPSA) is 61.8 Å². The fraction of sp³-hybridized carbons (Fsp3) is 0.636. The molecule has 0 N–H and O–H groups in total. The Labute approximate surface area is 172 Å². The first-order valence-electron chi connectivity index (χ1n) is 10.3. The van der Waals surface area contributed by atoms with Gasteiger partial charge in [0, 0.05) is 17.9 Å². The molecule has 1 aromatic carbocycles. The van der Waals surface area contributed by atoms with Crippen molar-refractivity contribution in [1.82, 2.24) is 0 Å². The lowest BCUT2D eigenvalue weighted by Gasteiger charge is -2.22. The number of carbonyl (C=O) groups excluding carboxylic acids is 2. The maximum Gasteiger partial charge on any atom is 0.313 e. The van der Waals surface area contributed by atoms with Crippen LogP contribution in [-0.4, -0.2) is 43.6 Å². The van der Waals surface area contributed by atoms with E-state index in [0.29, 0.717) is 19.6 Å². The molecular formula is C22H32O5S. The van der Waals surface area contributed by atoms with Crippen molar-refractivity contribution in [3.63, 3.8) is 0 Å². The number of thioether (sulfide) groups is 1. The summed E-state index contributed by atoms with van der Waals surface area (Å²) in [6.07, 6.45) is 6.24. The third-order valence-corrected chi connectivity index (χ3v) is 5.62. The molecule has 1 saturated heterocycles. The number of unbranched alkanes of at least 4 members (excludes halogenated alkanes) is 1. The molecule has 0 saturated carbocycles. The van der Waals surface area contributed by atoms with Crippen LogP contribution in [0.5, 0.6) is 0 Å². The minimum Gasteiger partial charge on any atom is -0.465 e. The van der Waals surface area contributed by atoms with Gasteiger partial charge in [-0.25, -0.2) is 0 Å². The lowest BCUT2D eigenvalue weighted by Crippen LogP contribution is -2.23. The minimum atomic E-state index is -0.409. The largest absolute Gasteiger partial charge is 0.465 e. The molecular weight excluding hydrogens is 376 g/mol. The molecule has 156 valence electrons. The summed E-state index contributed by atoms with van der Waals surface area (Å²) >= 11 is 1.81. The van der Waals surface area contributed by atoms with Crippen LogP contribution in [0.4, 0.5) is 0 Å². The van der Waals surface area contributed by atoms with E-state index in [1.165, 1.54) is 16.9 Å². The first kappa shape index (κ1) is 22.9. The Bertz CT molecular complexity index is 598. The van der Waals surface area contributed by atoms with Crippen LogP contribution in [0.15, 0.2) is 29.2 Å². The van der Waals surface area contributed by atoms with Crippen molar-refractivity contribution in [1.29, 1.82) is 0 Å². The van der Waals surface area contributed by atoms with Crippen molar-refractivity contribution in [2.75, 3.05) is 25.6 Å². The monoisotopic (exact) mass is 408 g/mol. The van der Waals surface area contributed by atoms with E-state index in [0.717, 1.165) is 44.5 Å². The molecule has 0 aromatic heterocycles. The van der Waals surface area contributed by atoms with Crippen LogP contribution in [0.3, 0.4) is 0 Å². The smallest absolute Gasteiger partial charge is 0.313 e. The van der Waals surface area contributed by atoms with Gasteiger partial charge in [0.2, 0.25) is 0 Å². The molecule has 0 spiro atoms. The van der Waals surface area contributed by atoms with Crippen LogP contribution in [0, 0.1) is 0 Å². The average molecular weight is 409 g/mol. The van der Waals surface area contributed by atoms with Crippen molar-refractivity contribution in [3.05, 3.63) is 29.8 Å². The molecule has 28 heavy (non-hydrogen) atoms. The lowest BCUT2D eigenvalue weighted by molar-refractivity contribution is -0.161. The van der Waals surface area contributed by atoms with Crippen LogP contribution < -0.4 is 0 Å². The molecule has 1 fully saturated rings. The highest BCUT2D eigenvalue weighted by atomic mass is 32.2. The molecule has 1 aromatic rings. The fourth-order valence-corrected chi connectivity index (χ4v) is 3.85. The number of hydrogen-bond acceptors (Lipinski definition) is 6. The van der Waals surface area contributed by atoms with Gasteiger partial charge >= 0.3 is 5.97 Å². The molecule has 0 radical (unpaired) electrons. The van der Waals surface area contributed by atoms with Gasteiger partial charge in [0.1, 0.15) is 12.2 Å². The van der Waals surface area contributed by atoms with Crippen molar-refractivity contribution < 1.29 is 23.8 Å². The summed E-state index contributed by atoms with van der Waals surface area (Å²) in [5, 5.41) is 0. The van der Waals surface area contributed by atoms with E-state index in [4.69, 9.17) is 14.2 Å². The summed E-state index contributed by atoms with van der Waals surface area (Å²) in [6.45, 7) is 3.63. The van der Waals surface area contributed by atoms with Crippen LogP contribution in [0.25, 0.3) is 0 Å². The van der Waals surface area contributed by atoms with Gasteiger partial charge in [-0.05, 0) is 62.0 Å². The van der Waals surface area contributed by atoms with Gasteiger partial charge in [0.25, 0.3) is 0 Å². The predicted molar refractivity (Wildman–Crippen MR) is 111 cm³/mol. The van der Waals surface area contributed by atoms with Gasteiger partial charge in [0.15, 0.2) is 6.29 Å². The number of ether oxygens (including phenoxy) is 3. The maximum atomic E-state index is 11.4. The predicted octanol–water partition coefficient (Wildman–Crippen LogP) is 4.56. The van der Waals surface area contributed by atoms with Crippen LogP contribution in [0.1, 0.15) is 57.4 Å². The van der Waals surface area contributed by atoms with Gasteiger partial charge in [-0.3, -0.25) is 9.59 Å². The first-order valence-corrected chi connectivity index (χ1v) is 11.3. The summed E-state index contributed by atoms with van der Waals surface area (Å²) in [5.41, 5.74) is 1.27. The third kappa shape index (κ3) is 9.71. The highest BCUT2D eigenvalue weighted by molar-refractivity contribution is 7.99. The summed E-state index contributed by atoms with van der Waals surface area (Å²) in [4.78, 5) is 23.8. The Morgan fingerprint density at radius 1 is 1.21 bits per heavy atom. The zero-order valence-corrected chi connectivity index (χ0v) is 17.6. The number of esters is 1. The van der Waals surface area contributed by atoms with E-state index < -0.39 is 5.97 Å². The first-order chi connectivity index (χ1) is 13.7. The second-order valence-corrected chi connectivity index (χ2v) is 8.08. The Hall–Kier alpha value is -1.37. The van der Waals surface area contributed by atoms with E-state index in [1.807, 2.05) is 11.8 Å². The van der Waals surface area contributed by atoms with Crippen LogP contribution in [0.2, 0.25) is 0 Å². The summed E-state index contributed by atoms with van der Waals surface area (Å²) in [5.74, 6) is 0.492. The second kappa shape index (κ2) is 13.7. The number of hydrogen-bond donors (Lipinski definition) is 0. The van der Waals surface area contributed by atoms with Gasteiger partial charge < -0.3 is 14.2 Å². The molecule has 1 unspecified atom stereocenters. The molecule has 1 aliphatic heterocycles. The summed E-state index contributed by atoms with van der Waals surface area (Å²) in [7, 11) is 0. The molecule has 0 bridgehead atoms. The highest BCUT2D eigenvalue weighted by Crippen LogP contribution is 2.21. The summed E-state index contributed by atoms with van der Waals surface area (Å²) in [6, 6.07) is 8.55. The zero-order valence-electron chi connectivity index (χ0n) is 16.8. The standard InChI is InChI=1S/C22H32O5S/c1-2-19(23)17-21(24)25-12-5-6-15-28-20-9-7-8-18(16-20)11-14-27-22-10-3-4-13-26-22/h7-9,16,22H,2-6,10-15,17H2,1H3. The Morgan fingerprint density at radius 3 is 2.89 bits per heavy atom. The Kier molecular flexibility index (Phi) is 11.3. The number of rotatable bonds is 13. The number of Topliss-reactive ketones (excluding diaryl/α,β-unsaturated/α-hetero) is 1. The van der Waals surface area contributed by atoms with Crippen LogP contribution >= 0.6 is 11.8 Å². The Balaban J connectivity index is 1.55. The molecule has 0 amide bonds. The SMILES string of the molecule is CCC(=O)CC(=O)OCCCCSc1cccc(CCOC2CCCCO2)c1. The summed E-state index contributed by atoms with van der Waals surface area (Å²) < 4.78 is 16.5. The molecule has 5 nitrogen and oxygen atoms in total. The van der Waals surface area contributed by atoms with Gasteiger partial charge in [-0.2, -0.15) is 0 Å². The van der Waals surface area contributed by atoms with E-state index in [1.54, 1.807) is 6.92 Å². The lowest BCUT2D eigenvalue weighted by atomic mass is 10.1. The quantitative estimate of drug-likeness (QED) is 0.206. The number of ketones is 1. The van der Waals surface area contributed by atoms with E-state index in [9.17, 15) is 9.59 Å². The average Bonchev–Trinajstić information content (AvgIpc) is 2.71. The molecule has 2 rings (SSSR count). The van der Waals surface area contributed by atoms with E-state index in [-0.39, 0.29) is 18.5 Å². The van der Waals surface area contributed by atoms with Crippen LogP contribution in [-0.2, 0) is 30.2 Å². The molecule has 1 atom stereocenters. The third-order valence-electron chi connectivity index (χ3n) is 4.54. The highest BCUT2D eigenvalue weighted by Gasteiger charge is 2.13. The van der Waals surface area contributed by atoms with Crippen molar-refractivity contribution in [2.24, 2.45) is 0 Å². The van der Waals surface area contributed by atoms with Crippen molar-refractivity contribution in [2.45, 2.75) is 69.5 Å². The van der Waals surface area contributed by atoms with Crippen molar-refractivity contribution in [3.8, 4) is 0 Å². The zero-order chi connectivity index (χ0) is 20.0. The van der Waals surface area contributed by atoms with Gasteiger partial charge in [0.05, 0.1) is 13.2 Å². The fourth-order valence-electron chi connectivity index (χ4n) is 2.86. The van der Waals surface area contributed by atoms with E-state index in [2.05, 4.69) is 24.3 Å². The molecule has 1 heterocycles. The Morgan fingerprint density at radius 2 is 2.11 bits per heavy atom. The molecule has 6 heteroatoms. The van der Waals surface area contributed by atoms with Gasteiger partial charge in [-0.1, -0.05) is 19.1 Å².